The third kappa shape index (κ3) is 2.77. The summed E-state index contributed by atoms with van der Waals surface area (Å²) in [6.07, 6.45) is 5.27. The average molecular weight is 311 g/mol. The van der Waals surface area contributed by atoms with Crippen LogP contribution in [0.2, 0.25) is 0 Å². The minimum atomic E-state index is -1.54. The third-order valence-electron chi connectivity index (χ3n) is 2.73. The molecule has 0 bridgehead atoms. The van der Waals surface area contributed by atoms with Crippen molar-refractivity contribution in [1.82, 2.24) is 9.47 Å². The Balaban J connectivity index is 2.29. The summed E-state index contributed by atoms with van der Waals surface area (Å²) in [7, 11) is 1.85. The first-order chi connectivity index (χ1) is 9.43. The predicted molar refractivity (Wildman–Crippen MR) is 76.3 cm³/mol. The van der Waals surface area contributed by atoms with Gasteiger partial charge in [-0.05, 0) is 17.7 Å². The second kappa shape index (κ2) is 5.78. The molecule has 1 amide bonds. The van der Waals surface area contributed by atoms with Crippen molar-refractivity contribution in [2.45, 2.75) is 6.04 Å². The molecular weight excluding hydrogens is 300 g/mol. The highest BCUT2D eigenvalue weighted by atomic mass is 32.2. The molecular formula is C12H11N2O4S2-. The number of aliphatic hydroxyl groups excluding tert-OH is 1. The zero-order valence-electron chi connectivity index (χ0n) is 10.5. The van der Waals surface area contributed by atoms with Gasteiger partial charge in [-0.2, -0.15) is 0 Å². The van der Waals surface area contributed by atoms with Gasteiger partial charge in [-0.3, -0.25) is 9.69 Å². The molecule has 0 radical (unpaired) electrons. The van der Waals surface area contributed by atoms with Crippen molar-refractivity contribution in [3.8, 4) is 0 Å². The summed E-state index contributed by atoms with van der Waals surface area (Å²) in [6, 6.07) is 0.360. The fourth-order valence-electron chi connectivity index (χ4n) is 1.77. The quantitative estimate of drug-likeness (QED) is 0.587. The molecule has 20 heavy (non-hydrogen) atoms. The monoisotopic (exact) mass is 311 g/mol. The molecule has 0 spiro atoms. The largest absolute Gasteiger partial charge is 0.548 e. The molecule has 2 heterocycles. The highest BCUT2D eigenvalue weighted by Crippen LogP contribution is 2.33. The normalized spacial score (nSPS) is 18.9. The van der Waals surface area contributed by atoms with Crippen LogP contribution in [-0.2, 0) is 16.6 Å². The number of aliphatic carboxylic acids is 1. The number of carboxylic acid groups (broad SMARTS) is 1. The van der Waals surface area contributed by atoms with Crippen LogP contribution in [0.4, 0.5) is 0 Å². The summed E-state index contributed by atoms with van der Waals surface area (Å²) in [4.78, 5) is 24.3. The number of aryl methyl sites for hydroxylation is 1. The first-order valence-corrected chi connectivity index (χ1v) is 6.87. The van der Waals surface area contributed by atoms with Crippen molar-refractivity contribution in [2.24, 2.45) is 7.05 Å². The van der Waals surface area contributed by atoms with Crippen LogP contribution in [0.1, 0.15) is 5.56 Å². The number of hydrogen-bond donors (Lipinski definition) is 1. The Morgan fingerprint density at radius 1 is 1.65 bits per heavy atom. The van der Waals surface area contributed by atoms with Crippen LogP contribution in [0.25, 0.3) is 6.08 Å². The zero-order chi connectivity index (χ0) is 14.9. The second-order valence-electron chi connectivity index (χ2n) is 4.18. The molecule has 0 aromatic carbocycles. The molecule has 1 aromatic heterocycles. The second-order valence-corrected chi connectivity index (χ2v) is 5.86. The maximum atomic E-state index is 12.2. The first kappa shape index (κ1) is 14.8. The molecule has 1 aromatic rings. The lowest BCUT2D eigenvalue weighted by atomic mass is 10.2. The Bertz CT molecular complexity index is 608. The topological polar surface area (TPSA) is 85.6 Å². The van der Waals surface area contributed by atoms with Crippen LogP contribution in [0.5, 0.6) is 0 Å². The number of nitrogens with zero attached hydrogens (tertiary/aromatic N) is 2. The van der Waals surface area contributed by atoms with Gasteiger partial charge in [0.15, 0.2) is 0 Å². The number of thioether (sulfide) groups is 1. The number of rotatable bonds is 4. The summed E-state index contributed by atoms with van der Waals surface area (Å²) in [6.45, 7) is -0.743. The van der Waals surface area contributed by atoms with Crippen LogP contribution in [-0.4, -0.2) is 43.4 Å². The van der Waals surface area contributed by atoms with Gasteiger partial charge in [0.2, 0.25) is 0 Å². The van der Waals surface area contributed by atoms with E-state index in [0.717, 1.165) is 22.2 Å². The Morgan fingerprint density at radius 3 is 2.85 bits per heavy atom. The van der Waals surface area contributed by atoms with Gasteiger partial charge in [-0.1, -0.05) is 24.0 Å². The molecule has 1 aliphatic heterocycles. The van der Waals surface area contributed by atoms with Crippen molar-refractivity contribution in [2.75, 3.05) is 6.61 Å². The summed E-state index contributed by atoms with van der Waals surface area (Å²) in [5.41, 5.74) is 0.807. The average Bonchev–Trinajstić information content (AvgIpc) is 2.89. The molecule has 1 fully saturated rings. The van der Waals surface area contributed by atoms with Crippen molar-refractivity contribution in [3.63, 3.8) is 0 Å². The fraction of sp³-hybridized carbons (Fsp3) is 0.250. The van der Waals surface area contributed by atoms with Gasteiger partial charge >= 0.3 is 0 Å². The van der Waals surface area contributed by atoms with Crippen molar-refractivity contribution in [1.29, 1.82) is 0 Å². The van der Waals surface area contributed by atoms with E-state index in [0.29, 0.717) is 4.91 Å². The van der Waals surface area contributed by atoms with Crippen molar-refractivity contribution < 1.29 is 19.8 Å². The van der Waals surface area contributed by atoms with E-state index >= 15 is 0 Å². The third-order valence-corrected chi connectivity index (χ3v) is 4.06. The Kier molecular flexibility index (Phi) is 4.26. The maximum absolute atomic E-state index is 12.2. The Hall–Kier alpha value is -1.64. The molecule has 8 heteroatoms. The molecule has 106 valence electrons. The summed E-state index contributed by atoms with van der Waals surface area (Å²) in [5, 5.41) is 20.0. The molecule has 2 rings (SSSR count). The predicted octanol–water partition coefficient (Wildman–Crippen LogP) is -0.663. The van der Waals surface area contributed by atoms with Crippen molar-refractivity contribution >= 4 is 46.3 Å². The van der Waals surface area contributed by atoms with Crippen LogP contribution >= 0.6 is 24.0 Å². The highest BCUT2D eigenvalue weighted by molar-refractivity contribution is 8.26. The highest BCUT2D eigenvalue weighted by Gasteiger charge is 2.37. The number of carbonyl (C=O) groups excluding carboxylic acids is 2. The smallest absolute Gasteiger partial charge is 0.266 e. The molecule has 6 nitrogen and oxygen atoms in total. The molecule has 1 aliphatic rings. The van der Waals surface area contributed by atoms with E-state index in [4.69, 9.17) is 17.3 Å². The van der Waals surface area contributed by atoms with Crippen LogP contribution < -0.4 is 5.11 Å². The number of amides is 1. The number of thiocarbonyl (C=S) groups is 1. The minimum Gasteiger partial charge on any atom is -0.548 e. The summed E-state index contributed by atoms with van der Waals surface area (Å²) >= 11 is 6.00. The van der Waals surface area contributed by atoms with E-state index in [-0.39, 0.29) is 4.32 Å². The van der Waals surface area contributed by atoms with E-state index in [1.807, 2.05) is 30.1 Å². The van der Waals surface area contributed by atoms with Gasteiger partial charge in [0.1, 0.15) is 10.4 Å². The Morgan fingerprint density at radius 2 is 2.35 bits per heavy atom. The molecule has 1 atom stereocenters. The van der Waals surface area contributed by atoms with E-state index in [1.165, 1.54) is 0 Å². The standard InChI is InChI=1S/C12H12N2O4S2/c1-13-3-2-7(5-13)4-9-10(16)14(12(19)20-9)8(6-15)11(17)18/h2-5,8,15H,6H2,1H3,(H,17,18)/p-1/b9-4+/t8-/m0/s1. The van der Waals surface area contributed by atoms with E-state index in [2.05, 4.69) is 0 Å². The molecule has 1 N–H and O–H groups in total. The van der Waals surface area contributed by atoms with Gasteiger partial charge in [-0.25, -0.2) is 0 Å². The maximum Gasteiger partial charge on any atom is 0.266 e. The van der Waals surface area contributed by atoms with Gasteiger partial charge in [-0.15, -0.1) is 0 Å². The number of hydrogen-bond acceptors (Lipinski definition) is 6. The lowest BCUT2D eigenvalue weighted by Crippen LogP contribution is -2.51. The minimum absolute atomic E-state index is 0.0976. The van der Waals surface area contributed by atoms with Crippen LogP contribution in [0.3, 0.4) is 0 Å². The van der Waals surface area contributed by atoms with Gasteiger partial charge in [0.25, 0.3) is 5.91 Å². The number of carbonyl (C=O) groups is 2. The van der Waals surface area contributed by atoms with Crippen LogP contribution in [0, 0.1) is 0 Å². The fourth-order valence-corrected chi connectivity index (χ4v) is 3.13. The zero-order valence-corrected chi connectivity index (χ0v) is 12.1. The van der Waals surface area contributed by atoms with Gasteiger partial charge in [0, 0.05) is 19.4 Å². The molecule has 0 aliphatic carbocycles. The first-order valence-electron chi connectivity index (χ1n) is 5.64. The van der Waals surface area contributed by atoms with Gasteiger partial charge < -0.3 is 19.6 Å². The molecule has 1 saturated heterocycles. The van der Waals surface area contributed by atoms with Crippen LogP contribution in [0.15, 0.2) is 23.4 Å². The van der Waals surface area contributed by atoms with Gasteiger partial charge in [0.05, 0.1) is 17.5 Å². The lowest BCUT2D eigenvalue weighted by molar-refractivity contribution is -0.311. The van der Waals surface area contributed by atoms with E-state index < -0.39 is 24.5 Å². The lowest BCUT2D eigenvalue weighted by Gasteiger charge is -2.25. The SMILES string of the molecule is Cn1ccc(/C=C2/SC(=S)N([C@@H](CO)C(=O)[O-])C2=O)c1. The number of aromatic nitrogens is 1. The number of aliphatic hydroxyl groups is 1. The molecule has 0 unspecified atom stereocenters. The Labute approximate surface area is 124 Å². The van der Waals surface area contributed by atoms with Crippen molar-refractivity contribution in [3.05, 3.63) is 28.9 Å². The summed E-state index contributed by atoms with van der Waals surface area (Å²) < 4.78 is 1.92. The number of carboxylic acids is 1. The van der Waals surface area contributed by atoms with E-state index in [1.54, 1.807) is 6.08 Å². The molecule has 0 saturated carbocycles. The summed E-state index contributed by atoms with van der Waals surface area (Å²) in [5.74, 6) is -2.07. The van der Waals surface area contributed by atoms with E-state index in [9.17, 15) is 14.7 Å².